The molecule has 4 rings (SSSR count). The maximum absolute atomic E-state index is 13.1. The van der Waals surface area contributed by atoms with Crippen LogP contribution in [-0.4, -0.2) is 41.4 Å². The normalized spacial score (nSPS) is 16.4. The molecule has 1 aliphatic heterocycles. The molecule has 144 valence electrons. The fourth-order valence-corrected chi connectivity index (χ4v) is 4.44. The van der Waals surface area contributed by atoms with Crippen molar-refractivity contribution in [2.45, 2.75) is 18.9 Å². The summed E-state index contributed by atoms with van der Waals surface area (Å²) in [5.41, 5.74) is 1.19. The molecule has 1 saturated heterocycles. The summed E-state index contributed by atoms with van der Waals surface area (Å²) in [4.78, 5) is 32.0. The van der Waals surface area contributed by atoms with E-state index in [2.05, 4.69) is 10.3 Å². The van der Waals surface area contributed by atoms with Crippen molar-refractivity contribution >= 4 is 50.1 Å². The van der Waals surface area contributed by atoms with Crippen LogP contribution in [0.25, 0.3) is 10.2 Å². The van der Waals surface area contributed by atoms with Gasteiger partial charge in [-0.3, -0.25) is 9.59 Å². The van der Waals surface area contributed by atoms with Crippen LogP contribution >= 0.6 is 22.9 Å². The predicted octanol–water partition coefficient (Wildman–Crippen LogP) is 4.20. The van der Waals surface area contributed by atoms with Gasteiger partial charge in [-0.2, -0.15) is 0 Å². The van der Waals surface area contributed by atoms with E-state index < -0.39 is 6.04 Å². The summed E-state index contributed by atoms with van der Waals surface area (Å²) in [6.45, 7) is 0.506. The van der Waals surface area contributed by atoms with E-state index in [1.165, 1.54) is 18.4 Å². The van der Waals surface area contributed by atoms with E-state index in [4.69, 9.17) is 16.3 Å². The molecule has 1 aliphatic rings. The number of methoxy groups -OCH3 is 1. The topological polar surface area (TPSA) is 71.5 Å². The summed E-state index contributed by atoms with van der Waals surface area (Å²) in [6, 6.07) is 12.0. The van der Waals surface area contributed by atoms with Crippen LogP contribution in [0.5, 0.6) is 5.75 Å². The highest BCUT2D eigenvalue weighted by molar-refractivity contribution is 7.22. The van der Waals surface area contributed by atoms with Crippen molar-refractivity contribution in [1.29, 1.82) is 0 Å². The lowest BCUT2D eigenvalue weighted by Gasteiger charge is -2.24. The molecule has 3 aromatic rings. The number of halogens is 1. The van der Waals surface area contributed by atoms with Crippen molar-refractivity contribution in [3.63, 3.8) is 0 Å². The van der Waals surface area contributed by atoms with E-state index in [0.717, 1.165) is 16.6 Å². The standard InChI is InChI=1S/C20H18ClN3O3S/c1-27-16-9-8-12(21)11-13(16)19(26)24-10-4-6-15(24)18(25)23-20-22-14-5-2-3-7-17(14)28-20/h2-3,5,7-9,11,15H,4,6,10H2,1H3,(H,22,23,25)/t15-/m1/s1. The zero-order valence-corrected chi connectivity index (χ0v) is 16.7. The van der Waals surface area contributed by atoms with Gasteiger partial charge >= 0.3 is 0 Å². The third-order valence-electron chi connectivity index (χ3n) is 4.73. The molecule has 28 heavy (non-hydrogen) atoms. The minimum atomic E-state index is -0.553. The number of hydrogen-bond acceptors (Lipinski definition) is 5. The lowest BCUT2D eigenvalue weighted by Crippen LogP contribution is -2.43. The predicted molar refractivity (Wildman–Crippen MR) is 110 cm³/mol. The second-order valence-corrected chi connectivity index (χ2v) is 7.94. The van der Waals surface area contributed by atoms with Gasteiger partial charge in [0.05, 0.1) is 22.9 Å². The van der Waals surface area contributed by atoms with Gasteiger partial charge in [-0.05, 0) is 43.2 Å². The molecule has 1 aromatic heterocycles. The minimum absolute atomic E-state index is 0.231. The van der Waals surface area contributed by atoms with E-state index in [1.54, 1.807) is 23.1 Å². The van der Waals surface area contributed by atoms with Gasteiger partial charge in [0, 0.05) is 11.6 Å². The summed E-state index contributed by atoms with van der Waals surface area (Å²) in [7, 11) is 1.50. The number of aromatic nitrogens is 1. The zero-order chi connectivity index (χ0) is 19.7. The minimum Gasteiger partial charge on any atom is -0.496 e. The number of carbonyl (C=O) groups is 2. The third-order valence-corrected chi connectivity index (χ3v) is 5.92. The Balaban J connectivity index is 1.55. The van der Waals surface area contributed by atoms with Crippen LogP contribution in [0.2, 0.25) is 5.02 Å². The third kappa shape index (κ3) is 3.55. The number of carbonyl (C=O) groups excluding carboxylic acids is 2. The number of amides is 2. The molecule has 0 spiro atoms. The summed E-state index contributed by atoms with van der Waals surface area (Å²) >= 11 is 7.47. The number of nitrogens with one attached hydrogen (secondary N) is 1. The molecule has 2 amide bonds. The summed E-state index contributed by atoms with van der Waals surface area (Å²) in [5, 5.41) is 3.84. The second kappa shape index (κ2) is 7.77. The molecular weight excluding hydrogens is 398 g/mol. The van der Waals surface area contributed by atoms with Crippen molar-refractivity contribution in [3.8, 4) is 5.75 Å². The Morgan fingerprint density at radius 3 is 2.89 bits per heavy atom. The molecule has 1 atom stereocenters. The van der Waals surface area contributed by atoms with Gasteiger partial charge in [0.2, 0.25) is 5.91 Å². The largest absolute Gasteiger partial charge is 0.496 e. The van der Waals surface area contributed by atoms with E-state index in [0.29, 0.717) is 34.4 Å². The van der Waals surface area contributed by atoms with Crippen molar-refractivity contribution < 1.29 is 14.3 Å². The van der Waals surface area contributed by atoms with Gasteiger partial charge in [0.25, 0.3) is 5.91 Å². The van der Waals surface area contributed by atoms with Crippen LogP contribution in [-0.2, 0) is 4.79 Å². The lowest BCUT2D eigenvalue weighted by atomic mass is 10.1. The first-order valence-electron chi connectivity index (χ1n) is 8.88. The van der Waals surface area contributed by atoms with Crippen molar-refractivity contribution in [1.82, 2.24) is 9.88 Å². The first-order valence-corrected chi connectivity index (χ1v) is 10.1. The number of nitrogens with zero attached hydrogens (tertiary/aromatic N) is 2. The Kier molecular flexibility index (Phi) is 5.19. The van der Waals surface area contributed by atoms with Gasteiger partial charge in [0.1, 0.15) is 11.8 Å². The first-order chi connectivity index (χ1) is 13.6. The molecule has 2 heterocycles. The number of rotatable bonds is 4. The smallest absolute Gasteiger partial charge is 0.258 e. The van der Waals surface area contributed by atoms with Crippen LogP contribution in [0.4, 0.5) is 5.13 Å². The number of hydrogen-bond donors (Lipinski definition) is 1. The molecule has 2 aromatic carbocycles. The second-order valence-electron chi connectivity index (χ2n) is 6.48. The van der Waals surface area contributed by atoms with Gasteiger partial charge in [0.15, 0.2) is 5.13 Å². The number of para-hydroxylation sites is 1. The molecule has 0 radical (unpaired) electrons. The number of thiazole rings is 1. The number of ether oxygens (including phenoxy) is 1. The fraction of sp³-hybridized carbons (Fsp3) is 0.250. The Bertz CT molecular complexity index is 1020. The average Bonchev–Trinajstić information content (AvgIpc) is 3.33. The Labute approximate surface area is 171 Å². The molecule has 8 heteroatoms. The van der Waals surface area contributed by atoms with Crippen molar-refractivity contribution in [2.24, 2.45) is 0 Å². The van der Waals surface area contributed by atoms with E-state index in [9.17, 15) is 9.59 Å². The number of likely N-dealkylation sites (tertiary alicyclic amines) is 1. The number of benzene rings is 2. The molecule has 0 unspecified atom stereocenters. The highest BCUT2D eigenvalue weighted by atomic mass is 35.5. The van der Waals surface area contributed by atoms with E-state index in [-0.39, 0.29) is 11.8 Å². The van der Waals surface area contributed by atoms with Gasteiger partial charge in [-0.25, -0.2) is 4.98 Å². The Morgan fingerprint density at radius 1 is 1.29 bits per heavy atom. The highest BCUT2D eigenvalue weighted by Gasteiger charge is 2.36. The molecule has 0 saturated carbocycles. The summed E-state index contributed by atoms with van der Waals surface area (Å²) < 4.78 is 6.29. The van der Waals surface area contributed by atoms with Gasteiger partial charge in [-0.1, -0.05) is 35.1 Å². The summed E-state index contributed by atoms with van der Waals surface area (Å²) in [6.07, 6.45) is 1.36. The van der Waals surface area contributed by atoms with Crippen LogP contribution in [0.3, 0.4) is 0 Å². The Morgan fingerprint density at radius 2 is 2.11 bits per heavy atom. The quantitative estimate of drug-likeness (QED) is 0.693. The van der Waals surface area contributed by atoms with Crippen LogP contribution in [0.1, 0.15) is 23.2 Å². The van der Waals surface area contributed by atoms with E-state index >= 15 is 0 Å². The highest BCUT2D eigenvalue weighted by Crippen LogP contribution is 2.29. The molecular formula is C20H18ClN3O3S. The first kappa shape index (κ1) is 18.7. The lowest BCUT2D eigenvalue weighted by molar-refractivity contribution is -0.119. The average molecular weight is 416 g/mol. The SMILES string of the molecule is COc1ccc(Cl)cc1C(=O)N1CCC[C@@H]1C(=O)Nc1nc2ccccc2s1. The van der Waals surface area contributed by atoms with Crippen molar-refractivity contribution in [2.75, 3.05) is 19.0 Å². The molecule has 1 N–H and O–H groups in total. The summed E-state index contributed by atoms with van der Waals surface area (Å²) in [5.74, 6) is -0.0566. The van der Waals surface area contributed by atoms with Crippen LogP contribution < -0.4 is 10.1 Å². The van der Waals surface area contributed by atoms with Crippen molar-refractivity contribution in [3.05, 3.63) is 53.1 Å². The Hall–Kier alpha value is -2.64. The van der Waals surface area contributed by atoms with Crippen LogP contribution in [0.15, 0.2) is 42.5 Å². The number of fused-ring (bicyclic) bond motifs is 1. The monoisotopic (exact) mass is 415 g/mol. The maximum atomic E-state index is 13.1. The number of anilines is 1. The fourth-order valence-electron chi connectivity index (χ4n) is 3.40. The molecule has 0 aliphatic carbocycles. The van der Waals surface area contributed by atoms with Gasteiger partial charge in [-0.15, -0.1) is 0 Å². The van der Waals surface area contributed by atoms with E-state index in [1.807, 2.05) is 24.3 Å². The maximum Gasteiger partial charge on any atom is 0.258 e. The van der Waals surface area contributed by atoms with Crippen LogP contribution in [0, 0.1) is 0 Å². The molecule has 0 bridgehead atoms. The molecule has 6 nitrogen and oxygen atoms in total. The molecule has 1 fully saturated rings. The van der Waals surface area contributed by atoms with Gasteiger partial charge < -0.3 is 15.0 Å². The zero-order valence-electron chi connectivity index (χ0n) is 15.1.